The maximum atomic E-state index is 11.8. The lowest BCUT2D eigenvalue weighted by Crippen LogP contribution is -2.45. The molecular formula is C11H11N3O3. The van der Waals surface area contributed by atoms with Crippen molar-refractivity contribution in [2.75, 3.05) is 5.32 Å². The molecule has 0 radical (unpaired) electrons. The molecule has 2 heterocycles. The van der Waals surface area contributed by atoms with Crippen molar-refractivity contribution in [1.29, 1.82) is 0 Å². The number of piperidine rings is 1. The fraction of sp³-hybridized carbons (Fsp3) is 0.273. The predicted octanol–water partition coefficient (Wildman–Crippen LogP) is 0.0729. The summed E-state index contributed by atoms with van der Waals surface area (Å²) in [6.07, 6.45) is 3.51. The Labute approximate surface area is 97.4 Å². The first-order valence-corrected chi connectivity index (χ1v) is 5.21. The summed E-state index contributed by atoms with van der Waals surface area (Å²) in [6, 6.07) is 3.36. The lowest BCUT2D eigenvalue weighted by molar-refractivity contribution is -0.139. The average molecular weight is 233 g/mol. The van der Waals surface area contributed by atoms with E-state index in [4.69, 9.17) is 0 Å². The predicted molar refractivity (Wildman–Crippen MR) is 58.7 cm³/mol. The maximum Gasteiger partial charge on any atom is 0.239 e. The van der Waals surface area contributed by atoms with Crippen molar-refractivity contribution in [2.24, 2.45) is 5.92 Å². The summed E-state index contributed by atoms with van der Waals surface area (Å²) in [4.78, 5) is 38.0. The monoisotopic (exact) mass is 233 g/mol. The van der Waals surface area contributed by atoms with Gasteiger partial charge >= 0.3 is 0 Å². The van der Waals surface area contributed by atoms with Gasteiger partial charge in [0.1, 0.15) is 5.92 Å². The van der Waals surface area contributed by atoms with Crippen LogP contribution in [0.2, 0.25) is 0 Å². The van der Waals surface area contributed by atoms with Gasteiger partial charge in [0.15, 0.2) is 0 Å². The van der Waals surface area contributed by atoms with Crippen LogP contribution >= 0.6 is 0 Å². The maximum absolute atomic E-state index is 11.8. The van der Waals surface area contributed by atoms with Crippen molar-refractivity contribution in [3.05, 3.63) is 24.5 Å². The van der Waals surface area contributed by atoms with Gasteiger partial charge in [-0.25, -0.2) is 0 Å². The number of anilines is 1. The molecule has 1 aromatic rings. The van der Waals surface area contributed by atoms with Crippen molar-refractivity contribution >= 4 is 23.4 Å². The summed E-state index contributed by atoms with van der Waals surface area (Å²) < 4.78 is 0. The molecule has 3 amide bonds. The van der Waals surface area contributed by atoms with Gasteiger partial charge in [0, 0.05) is 12.6 Å². The number of rotatable bonds is 2. The van der Waals surface area contributed by atoms with E-state index in [0.29, 0.717) is 5.69 Å². The summed E-state index contributed by atoms with van der Waals surface area (Å²) in [5, 5.41) is 4.73. The first kappa shape index (κ1) is 11.3. The minimum Gasteiger partial charge on any atom is -0.324 e. The van der Waals surface area contributed by atoms with E-state index in [0.717, 1.165) is 0 Å². The minimum absolute atomic E-state index is 0.191. The van der Waals surface area contributed by atoms with Crippen LogP contribution in [0.5, 0.6) is 0 Å². The number of pyridine rings is 1. The van der Waals surface area contributed by atoms with E-state index in [1.54, 1.807) is 18.3 Å². The summed E-state index contributed by atoms with van der Waals surface area (Å²) in [5.41, 5.74) is 0.530. The highest BCUT2D eigenvalue weighted by Gasteiger charge is 2.32. The first-order valence-electron chi connectivity index (χ1n) is 5.21. The summed E-state index contributed by atoms with van der Waals surface area (Å²) in [6.45, 7) is 0. The Morgan fingerprint density at radius 2 is 2.29 bits per heavy atom. The molecule has 1 aromatic heterocycles. The van der Waals surface area contributed by atoms with Crippen LogP contribution in [0.25, 0.3) is 0 Å². The fourth-order valence-corrected chi connectivity index (χ4v) is 1.61. The van der Waals surface area contributed by atoms with Crippen LogP contribution in [0.1, 0.15) is 12.8 Å². The second-order valence-corrected chi connectivity index (χ2v) is 3.73. The Kier molecular flexibility index (Phi) is 3.13. The highest BCUT2D eigenvalue weighted by atomic mass is 16.2. The second kappa shape index (κ2) is 4.73. The Hall–Kier alpha value is -2.24. The normalized spacial score (nSPS) is 19.6. The largest absolute Gasteiger partial charge is 0.324 e. The molecule has 1 saturated heterocycles. The molecule has 1 aliphatic heterocycles. The molecule has 2 N–H and O–H groups in total. The molecule has 0 bridgehead atoms. The van der Waals surface area contributed by atoms with Gasteiger partial charge in [0.2, 0.25) is 17.7 Å². The standard InChI is InChI=1S/C11H11N3O3/c15-9-4-3-8(11(17)14-9)10(16)13-7-2-1-5-12-6-7/h1-2,5-6,8H,3-4H2,(H,13,16)(H,14,15,17). The van der Waals surface area contributed by atoms with Crippen LogP contribution in [0.3, 0.4) is 0 Å². The quantitative estimate of drug-likeness (QED) is 0.559. The molecule has 1 atom stereocenters. The zero-order chi connectivity index (χ0) is 12.3. The zero-order valence-electron chi connectivity index (χ0n) is 8.97. The molecule has 1 unspecified atom stereocenters. The molecule has 6 nitrogen and oxygen atoms in total. The van der Waals surface area contributed by atoms with E-state index in [9.17, 15) is 14.4 Å². The highest BCUT2D eigenvalue weighted by Crippen LogP contribution is 2.15. The molecule has 0 saturated carbocycles. The number of nitrogens with zero attached hydrogens (tertiary/aromatic N) is 1. The molecule has 88 valence electrons. The summed E-state index contributed by atoms with van der Waals surface area (Å²) >= 11 is 0. The molecule has 0 spiro atoms. The molecule has 6 heteroatoms. The van der Waals surface area contributed by atoms with E-state index >= 15 is 0 Å². The van der Waals surface area contributed by atoms with E-state index < -0.39 is 17.7 Å². The Morgan fingerprint density at radius 3 is 2.94 bits per heavy atom. The van der Waals surface area contributed by atoms with Crippen LogP contribution in [-0.4, -0.2) is 22.7 Å². The van der Waals surface area contributed by atoms with E-state index in [-0.39, 0.29) is 18.7 Å². The first-order chi connectivity index (χ1) is 8.16. The second-order valence-electron chi connectivity index (χ2n) is 3.73. The highest BCUT2D eigenvalue weighted by molar-refractivity contribution is 6.12. The van der Waals surface area contributed by atoms with Crippen molar-refractivity contribution < 1.29 is 14.4 Å². The molecule has 2 rings (SSSR count). The molecule has 1 aliphatic rings. The number of carbonyl (C=O) groups is 3. The van der Waals surface area contributed by atoms with Gasteiger partial charge < -0.3 is 5.32 Å². The summed E-state index contributed by atoms with van der Waals surface area (Å²) in [5.74, 6) is -2.10. The van der Waals surface area contributed by atoms with E-state index in [1.165, 1.54) is 6.20 Å². The van der Waals surface area contributed by atoms with Gasteiger partial charge in [0.25, 0.3) is 0 Å². The van der Waals surface area contributed by atoms with E-state index in [2.05, 4.69) is 15.6 Å². The zero-order valence-corrected chi connectivity index (χ0v) is 8.97. The number of amides is 3. The number of aromatic nitrogens is 1. The number of nitrogens with one attached hydrogen (secondary N) is 2. The molecule has 0 aliphatic carbocycles. The van der Waals surface area contributed by atoms with Gasteiger partial charge in [-0.3, -0.25) is 24.7 Å². The average Bonchev–Trinajstić information content (AvgIpc) is 2.30. The summed E-state index contributed by atoms with van der Waals surface area (Å²) in [7, 11) is 0. The topological polar surface area (TPSA) is 88.2 Å². The third-order valence-corrected chi connectivity index (χ3v) is 2.48. The van der Waals surface area contributed by atoms with Crippen LogP contribution in [-0.2, 0) is 14.4 Å². The number of carbonyl (C=O) groups excluding carboxylic acids is 3. The molecular weight excluding hydrogens is 222 g/mol. The Morgan fingerprint density at radius 1 is 1.47 bits per heavy atom. The van der Waals surface area contributed by atoms with Crippen molar-refractivity contribution in [1.82, 2.24) is 10.3 Å². The van der Waals surface area contributed by atoms with Crippen molar-refractivity contribution in [3.63, 3.8) is 0 Å². The van der Waals surface area contributed by atoms with Gasteiger partial charge in [-0.05, 0) is 18.6 Å². The minimum atomic E-state index is -0.812. The van der Waals surface area contributed by atoms with Crippen LogP contribution < -0.4 is 10.6 Å². The lowest BCUT2D eigenvalue weighted by atomic mass is 9.97. The SMILES string of the molecule is O=C1CCC(C(=O)Nc2cccnc2)C(=O)N1. The Balaban J connectivity index is 2.01. The molecule has 17 heavy (non-hydrogen) atoms. The van der Waals surface area contributed by atoms with E-state index in [1.807, 2.05) is 0 Å². The van der Waals surface area contributed by atoms with Gasteiger partial charge in [-0.15, -0.1) is 0 Å². The lowest BCUT2D eigenvalue weighted by Gasteiger charge is -2.19. The number of imide groups is 1. The van der Waals surface area contributed by atoms with Crippen LogP contribution in [0.4, 0.5) is 5.69 Å². The third-order valence-electron chi connectivity index (χ3n) is 2.48. The van der Waals surface area contributed by atoms with Gasteiger partial charge in [-0.2, -0.15) is 0 Å². The smallest absolute Gasteiger partial charge is 0.239 e. The number of hydrogen-bond acceptors (Lipinski definition) is 4. The van der Waals surface area contributed by atoms with Crippen LogP contribution in [0.15, 0.2) is 24.5 Å². The number of hydrogen-bond donors (Lipinski definition) is 2. The molecule has 1 fully saturated rings. The third kappa shape index (κ3) is 2.66. The van der Waals surface area contributed by atoms with Crippen molar-refractivity contribution in [2.45, 2.75) is 12.8 Å². The van der Waals surface area contributed by atoms with Crippen molar-refractivity contribution in [3.8, 4) is 0 Å². The van der Waals surface area contributed by atoms with Gasteiger partial charge in [0.05, 0.1) is 11.9 Å². The van der Waals surface area contributed by atoms with Gasteiger partial charge in [-0.1, -0.05) is 0 Å². The fourth-order valence-electron chi connectivity index (χ4n) is 1.61. The molecule has 0 aromatic carbocycles. The Bertz CT molecular complexity index is 458. The van der Waals surface area contributed by atoms with Crippen LogP contribution in [0, 0.1) is 5.92 Å².